The van der Waals surface area contributed by atoms with E-state index in [1.54, 1.807) is 0 Å². The molecule has 5 unspecified atom stereocenters. The molecule has 1 rings (SSSR count). The number of halogens is 10. The summed E-state index contributed by atoms with van der Waals surface area (Å²) in [7, 11) is -13.6. The topological polar surface area (TPSA) is 68.3 Å². The number of alkyl halides is 10. The van der Waals surface area contributed by atoms with E-state index in [0.717, 1.165) is 0 Å². The minimum Gasteiger partial charge on any atom is -0.243 e. The zero-order valence-corrected chi connectivity index (χ0v) is 13.0. The van der Waals surface area contributed by atoms with Crippen LogP contribution in [0.2, 0.25) is 0 Å². The van der Waals surface area contributed by atoms with E-state index in [2.05, 4.69) is 0 Å². The summed E-state index contributed by atoms with van der Waals surface area (Å²) < 4.78 is 169. The summed E-state index contributed by atoms with van der Waals surface area (Å²) in [6.45, 7) is 0. The molecule has 0 N–H and O–H groups in total. The monoisotopic (exact) mass is 434 g/mol. The lowest BCUT2D eigenvalue weighted by molar-refractivity contribution is -0.132. The van der Waals surface area contributed by atoms with Crippen LogP contribution in [-0.4, -0.2) is 63.0 Å². The first kappa shape index (κ1) is 22.2. The van der Waals surface area contributed by atoms with Gasteiger partial charge in [0.25, 0.3) is 9.84 Å². The fourth-order valence-electron chi connectivity index (χ4n) is 2.17. The molecule has 1 fully saturated rings. The van der Waals surface area contributed by atoms with Gasteiger partial charge in [0.15, 0.2) is 39.1 Å². The summed E-state index contributed by atoms with van der Waals surface area (Å²) in [5.74, 6) is 0. The first-order chi connectivity index (χ1) is 10.9. The van der Waals surface area contributed by atoms with Crippen molar-refractivity contribution in [1.82, 2.24) is 0 Å². The molecule has 1 aliphatic rings. The van der Waals surface area contributed by atoms with Gasteiger partial charge in [-0.05, 0) is 0 Å². The summed E-state index contributed by atoms with van der Waals surface area (Å²) in [5.41, 5.74) is -6.53. The van der Waals surface area contributed by atoms with Gasteiger partial charge in [-0.25, -0.2) is 34.4 Å². The highest BCUT2D eigenvalue weighted by Crippen LogP contribution is 2.42. The zero-order chi connectivity index (χ0) is 20.2. The van der Waals surface area contributed by atoms with E-state index in [1.807, 2.05) is 0 Å². The average molecular weight is 434 g/mol. The second kappa shape index (κ2) is 6.42. The highest BCUT2D eigenvalue weighted by Gasteiger charge is 2.66. The molecule has 16 heteroatoms. The summed E-state index contributed by atoms with van der Waals surface area (Å²) in [4.78, 5) is 0. The van der Waals surface area contributed by atoms with Gasteiger partial charge >= 0.3 is 11.7 Å². The third-order valence-corrected chi connectivity index (χ3v) is 8.60. The van der Waals surface area contributed by atoms with Crippen molar-refractivity contribution in [2.45, 2.75) is 52.6 Å². The molecule has 0 bridgehead atoms. The molecule has 0 aromatic rings. The van der Waals surface area contributed by atoms with Gasteiger partial charge in [0.05, 0.1) is 6.42 Å². The van der Waals surface area contributed by atoms with Crippen molar-refractivity contribution in [3.05, 3.63) is 0 Å². The molecule has 5 atom stereocenters. The van der Waals surface area contributed by atoms with E-state index in [9.17, 15) is 60.7 Å². The molecule has 0 amide bonds. The van der Waals surface area contributed by atoms with Crippen LogP contribution in [0, 0.1) is 0 Å². The molecular weight excluding hydrogens is 426 g/mol. The molecule has 0 spiro atoms. The fourth-order valence-corrected chi connectivity index (χ4v) is 6.80. The Hall–Kier alpha value is -0.800. The molecule has 150 valence electrons. The third-order valence-electron chi connectivity index (χ3n) is 3.35. The van der Waals surface area contributed by atoms with Crippen LogP contribution in [-0.2, 0) is 19.7 Å². The van der Waals surface area contributed by atoms with Crippen molar-refractivity contribution in [3.8, 4) is 0 Å². The molecule has 0 radical (unpaired) electrons. The Kier molecular flexibility index (Phi) is 5.71. The Morgan fingerprint density at radius 3 is 1.36 bits per heavy atom. The summed E-state index contributed by atoms with van der Waals surface area (Å²) in [5, 5.41) is -3.68. The van der Waals surface area contributed by atoms with E-state index in [0.29, 0.717) is 0 Å². The lowest BCUT2D eigenvalue weighted by Gasteiger charge is -2.25. The van der Waals surface area contributed by atoms with Gasteiger partial charge in [0.1, 0.15) is 5.25 Å². The van der Waals surface area contributed by atoms with Crippen molar-refractivity contribution >= 4 is 19.7 Å². The van der Waals surface area contributed by atoms with Gasteiger partial charge in [0.2, 0.25) is 0 Å². The van der Waals surface area contributed by atoms with Gasteiger partial charge in [-0.2, -0.15) is 26.3 Å². The third kappa shape index (κ3) is 3.98. The van der Waals surface area contributed by atoms with Crippen molar-refractivity contribution in [1.29, 1.82) is 0 Å². The van der Waals surface area contributed by atoms with Crippen LogP contribution in [0.15, 0.2) is 0 Å². The van der Waals surface area contributed by atoms with Crippen LogP contribution >= 0.6 is 0 Å². The summed E-state index contributed by atoms with van der Waals surface area (Å²) in [6, 6.07) is 0. The maximum Gasteiger partial charge on any atom is 0.498 e. The Morgan fingerprint density at radius 2 is 1.08 bits per heavy atom. The van der Waals surface area contributed by atoms with Crippen LogP contribution in [0.25, 0.3) is 0 Å². The molecule has 1 saturated carbocycles. The lowest BCUT2D eigenvalue weighted by Crippen LogP contribution is -2.49. The number of rotatable bonds is 4. The standard InChI is InChI=1S/C9H8F10O4S2/c10-3-4(11)6(13)7(5(3)12)24(20,21)2(1-8(14,15)16)25(22,23)9(17,18)19/h2-7H,1H2. The lowest BCUT2D eigenvalue weighted by atomic mass is 10.3. The van der Waals surface area contributed by atoms with E-state index in [1.165, 1.54) is 0 Å². The molecule has 0 saturated heterocycles. The first-order valence-electron chi connectivity index (χ1n) is 6.01. The molecule has 0 aromatic heterocycles. The Balaban J connectivity index is 3.55. The van der Waals surface area contributed by atoms with Gasteiger partial charge in [-0.15, -0.1) is 0 Å². The average Bonchev–Trinajstić information content (AvgIpc) is 2.58. The van der Waals surface area contributed by atoms with Gasteiger partial charge in [-0.1, -0.05) is 0 Å². The van der Waals surface area contributed by atoms with E-state index < -0.39 is 72.3 Å². The van der Waals surface area contributed by atoms with E-state index in [-0.39, 0.29) is 0 Å². The van der Waals surface area contributed by atoms with E-state index >= 15 is 0 Å². The van der Waals surface area contributed by atoms with Crippen molar-refractivity contribution in [2.75, 3.05) is 0 Å². The number of hydrogen-bond acceptors (Lipinski definition) is 4. The first-order valence-corrected chi connectivity index (χ1v) is 9.17. The number of hydrogen-bond donors (Lipinski definition) is 0. The summed E-state index contributed by atoms with van der Waals surface area (Å²) >= 11 is 0. The predicted molar refractivity (Wildman–Crippen MR) is 61.7 cm³/mol. The van der Waals surface area contributed by atoms with Crippen molar-refractivity contribution < 1.29 is 60.7 Å². The smallest absolute Gasteiger partial charge is 0.243 e. The van der Waals surface area contributed by atoms with Gasteiger partial charge in [0, 0.05) is 0 Å². The molecule has 0 aromatic carbocycles. The molecular formula is C9H8F10O4S2. The van der Waals surface area contributed by atoms with Crippen molar-refractivity contribution in [2.24, 2.45) is 0 Å². The maximum absolute atomic E-state index is 13.5. The second-order valence-corrected chi connectivity index (χ2v) is 9.78. The van der Waals surface area contributed by atoms with Crippen LogP contribution in [0.3, 0.4) is 0 Å². The van der Waals surface area contributed by atoms with Crippen LogP contribution < -0.4 is 0 Å². The maximum atomic E-state index is 13.5. The minimum absolute atomic E-state index is 3.17. The quantitative estimate of drug-likeness (QED) is 0.638. The van der Waals surface area contributed by atoms with Crippen molar-refractivity contribution in [3.63, 3.8) is 0 Å². The molecule has 1 aliphatic carbocycles. The Morgan fingerprint density at radius 1 is 0.720 bits per heavy atom. The predicted octanol–water partition coefficient (Wildman–Crippen LogP) is 2.35. The van der Waals surface area contributed by atoms with E-state index in [4.69, 9.17) is 0 Å². The van der Waals surface area contributed by atoms with Crippen LogP contribution in [0.5, 0.6) is 0 Å². The van der Waals surface area contributed by atoms with Gasteiger partial charge in [-0.3, -0.25) is 0 Å². The number of sulfone groups is 2. The highest BCUT2D eigenvalue weighted by molar-refractivity contribution is 8.09. The SMILES string of the molecule is O=S(=O)(C1C(F)C(F)C(F)C1F)C(CC(F)(F)F)S(=O)(=O)C(F)(F)F. The zero-order valence-electron chi connectivity index (χ0n) is 11.4. The summed E-state index contributed by atoms with van der Waals surface area (Å²) in [6.07, 6.45) is -23.4. The van der Waals surface area contributed by atoms with Crippen LogP contribution in [0.4, 0.5) is 43.9 Å². The van der Waals surface area contributed by atoms with Gasteiger partial charge < -0.3 is 0 Å². The molecule has 0 heterocycles. The highest BCUT2D eigenvalue weighted by atomic mass is 32.3. The largest absolute Gasteiger partial charge is 0.498 e. The van der Waals surface area contributed by atoms with Crippen LogP contribution in [0.1, 0.15) is 6.42 Å². The Bertz CT molecular complexity index is 683. The second-order valence-electron chi connectivity index (χ2n) is 5.07. The molecule has 4 nitrogen and oxygen atoms in total. The Labute approximate surface area is 134 Å². The minimum atomic E-state index is -7.13. The fraction of sp³-hybridized carbons (Fsp3) is 1.00. The normalized spacial score (nSPS) is 33.4. The molecule has 0 aliphatic heterocycles. The molecule has 25 heavy (non-hydrogen) atoms.